The molecule has 2 heterocycles. The summed E-state index contributed by atoms with van der Waals surface area (Å²) in [6.45, 7) is 0. The first-order valence-electron chi connectivity index (χ1n) is 12.3. The molecule has 6 aromatic carbocycles. The lowest BCUT2D eigenvalue weighted by molar-refractivity contribution is 0.635. The summed E-state index contributed by atoms with van der Waals surface area (Å²) in [5.41, 5.74) is 5.55. The van der Waals surface area contributed by atoms with Crippen LogP contribution >= 0.6 is 0 Å². The van der Waals surface area contributed by atoms with Crippen LogP contribution in [0.5, 0.6) is 0 Å². The lowest BCUT2D eigenvalue weighted by Crippen LogP contribution is -1.93. The largest absolute Gasteiger partial charge is 0.455 e. The van der Waals surface area contributed by atoms with Gasteiger partial charge in [0.25, 0.3) is 0 Å². The fourth-order valence-electron chi connectivity index (χ4n) is 5.83. The molecule has 2 nitrogen and oxygen atoms in total. The minimum Gasteiger partial charge on any atom is -0.455 e. The van der Waals surface area contributed by atoms with Gasteiger partial charge in [0.1, 0.15) is 11.3 Å². The number of rotatable bonds is 2. The van der Waals surface area contributed by atoms with E-state index in [1.807, 2.05) is 6.07 Å². The zero-order valence-electron chi connectivity index (χ0n) is 19.5. The third-order valence-corrected chi connectivity index (χ3v) is 7.36. The first-order valence-corrected chi connectivity index (χ1v) is 12.3. The number of fused-ring (bicyclic) bond motifs is 10. The summed E-state index contributed by atoms with van der Waals surface area (Å²) in [7, 11) is 0. The minimum atomic E-state index is 0.887. The van der Waals surface area contributed by atoms with Crippen LogP contribution in [-0.4, -0.2) is 4.57 Å². The monoisotopic (exact) mass is 459 g/mol. The van der Waals surface area contributed by atoms with Crippen molar-refractivity contribution in [2.75, 3.05) is 0 Å². The molecule has 0 aliphatic rings. The van der Waals surface area contributed by atoms with E-state index in [-0.39, 0.29) is 0 Å². The lowest BCUT2D eigenvalue weighted by Gasteiger charge is -2.09. The molecule has 0 unspecified atom stereocenters. The van der Waals surface area contributed by atoms with Gasteiger partial charge in [0, 0.05) is 32.8 Å². The lowest BCUT2D eigenvalue weighted by atomic mass is 9.98. The zero-order chi connectivity index (χ0) is 23.6. The second-order valence-corrected chi connectivity index (χ2v) is 9.34. The third kappa shape index (κ3) is 2.61. The molecule has 0 radical (unpaired) electrons. The van der Waals surface area contributed by atoms with Gasteiger partial charge >= 0.3 is 0 Å². The van der Waals surface area contributed by atoms with Crippen LogP contribution in [0.2, 0.25) is 0 Å². The standard InChI is InChI=1S/C34H21NO/c1-3-12-23(13-4-1)30-21-28-33-32(26-17-9-10-18-27(26)34(28)36-30)31-25-16-8-7-11-22(25)19-20-29(31)35(33)24-14-5-2-6-15-24/h1-21H. The average molecular weight is 460 g/mol. The van der Waals surface area contributed by atoms with Crippen molar-refractivity contribution in [1.82, 2.24) is 4.57 Å². The highest BCUT2D eigenvalue weighted by atomic mass is 16.3. The summed E-state index contributed by atoms with van der Waals surface area (Å²) in [6, 6.07) is 45.1. The molecule has 0 fully saturated rings. The van der Waals surface area contributed by atoms with Gasteiger partial charge in [-0.1, -0.05) is 103 Å². The van der Waals surface area contributed by atoms with Crippen molar-refractivity contribution in [3.8, 4) is 17.0 Å². The first kappa shape index (κ1) is 19.5. The smallest absolute Gasteiger partial charge is 0.144 e. The third-order valence-electron chi connectivity index (χ3n) is 7.36. The topological polar surface area (TPSA) is 18.1 Å². The van der Waals surface area contributed by atoms with E-state index in [0.29, 0.717) is 0 Å². The summed E-state index contributed by atoms with van der Waals surface area (Å²) < 4.78 is 9.05. The highest BCUT2D eigenvalue weighted by Gasteiger charge is 2.22. The predicted octanol–water partition coefficient (Wildman–Crippen LogP) is 9.50. The maximum absolute atomic E-state index is 6.64. The molecule has 8 aromatic rings. The van der Waals surface area contributed by atoms with Crippen LogP contribution in [0.4, 0.5) is 0 Å². The molecule has 0 atom stereocenters. The maximum atomic E-state index is 6.64. The molecule has 2 heteroatoms. The quantitative estimate of drug-likeness (QED) is 0.252. The molecular weight excluding hydrogens is 438 g/mol. The van der Waals surface area contributed by atoms with E-state index in [2.05, 4.69) is 126 Å². The average Bonchev–Trinajstić information content (AvgIpc) is 3.55. The van der Waals surface area contributed by atoms with E-state index >= 15 is 0 Å². The van der Waals surface area contributed by atoms with E-state index in [1.165, 1.54) is 38.0 Å². The fourth-order valence-corrected chi connectivity index (χ4v) is 5.83. The van der Waals surface area contributed by atoms with E-state index in [1.54, 1.807) is 0 Å². The van der Waals surface area contributed by atoms with E-state index < -0.39 is 0 Å². The van der Waals surface area contributed by atoms with Crippen molar-refractivity contribution >= 4 is 54.3 Å². The summed E-state index contributed by atoms with van der Waals surface area (Å²) in [5.74, 6) is 0.887. The Labute approximate surface area is 207 Å². The summed E-state index contributed by atoms with van der Waals surface area (Å²) >= 11 is 0. The van der Waals surface area contributed by atoms with Crippen LogP contribution in [-0.2, 0) is 0 Å². The highest BCUT2D eigenvalue weighted by molar-refractivity contribution is 6.35. The number of aromatic nitrogens is 1. The number of furan rings is 1. The molecule has 0 aliphatic carbocycles. The Balaban J connectivity index is 1.69. The van der Waals surface area contributed by atoms with Gasteiger partial charge in [-0.25, -0.2) is 0 Å². The molecule has 0 aliphatic heterocycles. The first-order chi connectivity index (χ1) is 17.9. The van der Waals surface area contributed by atoms with Gasteiger partial charge in [-0.3, -0.25) is 0 Å². The van der Waals surface area contributed by atoms with Crippen LogP contribution in [0, 0.1) is 0 Å². The molecule has 36 heavy (non-hydrogen) atoms. The summed E-state index contributed by atoms with van der Waals surface area (Å²) in [4.78, 5) is 0. The van der Waals surface area contributed by atoms with Crippen LogP contribution in [0.25, 0.3) is 71.3 Å². The predicted molar refractivity (Wildman–Crippen MR) is 151 cm³/mol. The molecule has 0 spiro atoms. The SMILES string of the molecule is c1ccc(-c2cc3c(o2)c2ccccc2c2c4c5ccccc5ccc4n(-c4ccccc4)c32)cc1. The molecular formula is C34H21NO. The zero-order valence-corrected chi connectivity index (χ0v) is 19.5. The van der Waals surface area contributed by atoms with Crippen molar-refractivity contribution in [3.05, 3.63) is 127 Å². The number of hydrogen-bond donors (Lipinski definition) is 0. The van der Waals surface area contributed by atoms with Gasteiger partial charge < -0.3 is 8.98 Å². The molecule has 8 rings (SSSR count). The van der Waals surface area contributed by atoms with Crippen LogP contribution < -0.4 is 0 Å². The number of benzene rings is 6. The molecule has 168 valence electrons. The number of hydrogen-bond acceptors (Lipinski definition) is 1. The number of nitrogens with zero attached hydrogens (tertiary/aromatic N) is 1. The van der Waals surface area contributed by atoms with Crippen LogP contribution in [0.1, 0.15) is 0 Å². The van der Waals surface area contributed by atoms with E-state index in [0.717, 1.165) is 33.4 Å². The molecule has 0 N–H and O–H groups in total. The minimum absolute atomic E-state index is 0.887. The Hall–Kier alpha value is -4.82. The van der Waals surface area contributed by atoms with Crippen LogP contribution in [0.3, 0.4) is 0 Å². The maximum Gasteiger partial charge on any atom is 0.144 e. The van der Waals surface area contributed by atoms with Crippen molar-refractivity contribution in [2.24, 2.45) is 0 Å². The van der Waals surface area contributed by atoms with E-state index in [9.17, 15) is 0 Å². The van der Waals surface area contributed by atoms with Crippen molar-refractivity contribution in [1.29, 1.82) is 0 Å². The number of para-hydroxylation sites is 1. The highest BCUT2D eigenvalue weighted by Crippen LogP contribution is 2.46. The Morgan fingerprint density at radius 3 is 1.97 bits per heavy atom. The van der Waals surface area contributed by atoms with Gasteiger partial charge in [0.2, 0.25) is 0 Å². The summed E-state index contributed by atoms with van der Waals surface area (Å²) in [6.07, 6.45) is 0. The van der Waals surface area contributed by atoms with Gasteiger partial charge in [-0.05, 0) is 40.4 Å². The Kier molecular flexibility index (Phi) is 3.97. The fraction of sp³-hybridized carbons (Fsp3) is 0. The Morgan fingerprint density at radius 2 is 1.17 bits per heavy atom. The Bertz CT molecular complexity index is 2080. The molecule has 2 aromatic heterocycles. The van der Waals surface area contributed by atoms with Gasteiger partial charge in [-0.15, -0.1) is 0 Å². The second-order valence-electron chi connectivity index (χ2n) is 9.34. The van der Waals surface area contributed by atoms with E-state index in [4.69, 9.17) is 4.42 Å². The van der Waals surface area contributed by atoms with Crippen molar-refractivity contribution in [3.63, 3.8) is 0 Å². The Morgan fingerprint density at radius 1 is 0.500 bits per heavy atom. The molecule has 0 amide bonds. The molecule has 0 saturated carbocycles. The van der Waals surface area contributed by atoms with Crippen LogP contribution in [0.15, 0.2) is 132 Å². The van der Waals surface area contributed by atoms with Crippen molar-refractivity contribution < 1.29 is 4.42 Å². The normalized spacial score (nSPS) is 11.9. The van der Waals surface area contributed by atoms with Gasteiger partial charge in [-0.2, -0.15) is 0 Å². The second kappa shape index (κ2) is 7.34. The van der Waals surface area contributed by atoms with Gasteiger partial charge in [0.15, 0.2) is 0 Å². The molecule has 0 bridgehead atoms. The molecule has 0 saturated heterocycles. The van der Waals surface area contributed by atoms with Gasteiger partial charge in [0.05, 0.1) is 11.0 Å². The van der Waals surface area contributed by atoms with Crippen molar-refractivity contribution in [2.45, 2.75) is 0 Å². The summed E-state index contributed by atoms with van der Waals surface area (Å²) in [5, 5.41) is 8.56.